The maximum absolute atomic E-state index is 12.5. The Morgan fingerprint density at radius 3 is 2.62 bits per heavy atom. The van der Waals surface area contributed by atoms with E-state index in [0.29, 0.717) is 0 Å². The van der Waals surface area contributed by atoms with Gasteiger partial charge in [-0.3, -0.25) is 0 Å². The predicted octanol–water partition coefficient (Wildman–Crippen LogP) is 1.15. The molecule has 8 heteroatoms. The molecule has 0 aliphatic heterocycles. The molecular formula is C5H4F2N2O3S. The lowest BCUT2D eigenvalue weighted by Crippen LogP contribution is -2.23. The molecule has 0 saturated carbocycles. The summed E-state index contributed by atoms with van der Waals surface area (Å²) in [6, 6.07) is 0. The Balaban J connectivity index is 2.74. The summed E-state index contributed by atoms with van der Waals surface area (Å²) in [7, 11) is 0. The highest BCUT2D eigenvalue weighted by Gasteiger charge is 2.42. The predicted molar refractivity (Wildman–Crippen MR) is 37.5 cm³/mol. The molecule has 1 aromatic heterocycles. The van der Waals surface area contributed by atoms with Crippen molar-refractivity contribution in [2.75, 3.05) is 0 Å². The van der Waals surface area contributed by atoms with Gasteiger partial charge in [0.1, 0.15) is 0 Å². The highest BCUT2D eigenvalue weighted by Crippen LogP contribution is 2.34. The minimum absolute atomic E-state index is 0.101. The standard InChI is InChI=1S/C5H4F2N2O3S/c1-2-8-9-4(12-2)13-5(6,7)3(10)11/h1H3,(H,10,11). The van der Waals surface area contributed by atoms with Crippen LogP contribution in [0.2, 0.25) is 0 Å². The molecule has 0 spiro atoms. The van der Waals surface area contributed by atoms with Crippen LogP contribution in [0, 0.1) is 6.92 Å². The van der Waals surface area contributed by atoms with Crippen LogP contribution < -0.4 is 0 Å². The number of aromatic nitrogens is 2. The van der Waals surface area contributed by atoms with Crippen molar-refractivity contribution in [1.29, 1.82) is 0 Å². The topological polar surface area (TPSA) is 76.2 Å². The second-order valence-electron chi connectivity index (χ2n) is 2.01. The van der Waals surface area contributed by atoms with Gasteiger partial charge >= 0.3 is 11.2 Å². The zero-order valence-electron chi connectivity index (χ0n) is 6.32. The number of nitrogens with zero attached hydrogens (tertiary/aromatic N) is 2. The van der Waals surface area contributed by atoms with Crippen LogP contribution in [0.3, 0.4) is 0 Å². The van der Waals surface area contributed by atoms with E-state index in [-0.39, 0.29) is 17.7 Å². The first-order chi connectivity index (χ1) is 5.92. The lowest BCUT2D eigenvalue weighted by atomic mass is 10.7. The molecule has 0 radical (unpaired) electrons. The molecule has 1 heterocycles. The summed E-state index contributed by atoms with van der Waals surface area (Å²) in [6.45, 7) is 1.41. The zero-order valence-corrected chi connectivity index (χ0v) is 7.14. The Morgan fingerprint density at radius 1 is 1.62 bits per heavy atom. The highest BCUT2D eigenvalue weighted by molar-refractivity contribution is 8.00. The Hall–Kier alpha value is -1.18. The molecule has 0 fully saturated rings. The van der Waals surface area contributed by atoms with Crippen LogP contribution in [0.25, 0.3) is 0 Å². The van der Waals surface area contributed by atoms with Gasteiger partial charge in [0.25, 0.3) is 5.22 Å². The van der Waals surface area contributed by atoms with E-state index >= 15 is 0 Å². The number of alkyl halides is 2. The van der Waals surface area contributed by atoms with Crippen LogP contribution in [-0.2, 0) is 4.79 Å². The number of thioether (sulfide) groups is 1. The average Bonchev–Trinajstić information content (AvgIpc) is 2.34. The van der Waals surface area contributed by atoms with Gasteiger partial charge in [0.2, 0.25) is 5.89 Å². The minimum atomic E-state index is -3.95. The first-order valence-electron chi connectivity index (χ1n) is 3.02. The SMILES string of the molecule is Cc1nnc(SC(F)(F)C(=O)O)o1. The summed E-state index contributed by atoms with van der Waals surface area (Å²) < 4.78 is 29.5. The van der Waals surface area contributed by atoms with Crippen molar-refractivity contribution in [3.8, 4) is 0 Å². The summed E-state index contributed by atoms with van der Waals surface area (Å²) in [6.07, 6.45) is 0. The lowest BCUT2D eigenvalue weighted by molar-refractivity contribution is -0.153. The number of carbonyl (C=O) groups is 1. The Morgan fingerprint density at radius 2 is 2.23 bits per heavy atom. The second-order valence-corrected chi connectivity index (χ2v) is 3.08. The number of rotatable bonds is 3. The number of hydrogen-bond donors (Lipinski definition) is 1. The normalized spacial score (nSPS) is 11.6. The third kappa shape index (κ3) is 2.38. The molecule has 5 nitrogen and oxygen atoms in total. The van der Waals surface area contributed by atoms with Gasteiger partial charge in [-0.2, -0.15) is 8.78 Å². The van der Waals surface area contributed by atoms with E-state index in [1.807, 2.05) is 0 Å². The van der Waals surface area contributed by atoms with Gasteiger partial charge in [-0.1, -0.05) is 0 Å². The zero-order chi connectivity index (χ0) is 10.1. The van der Waals surface area contributed by atoms with Gasteiger partial charge in [0, 0.05) is 18.7 Å². The van der Waals surface area contributed by atoms with Gasteiger partial charge in [0.15, 0.2) is 0 Å². The minimum Gasteiger partial charge on any atom is -0.476 e. The molecule has 1 N–H and O–H groups in total. The van der Waals surface area contributed by atoms with E-state index in [1.54, 1.807) is 0 Å². The fourth-order valence-corrected chi connectivity index (χ4v) is 1.02. The molecule has 1 rings (SSSR count). The maximum Gasteiger partial charge on any atom is 0.397 e. The van der Waals surface area contributed by atoms with Gasteiger partial charge < -0.3 is 9.52 Å². The third-order valence-electron chi connectivity index (χ3n) is 0.972. The number of halogens is 2. The molecule has 0 aliphatic rings. The Kier molecular flexibility index (Phi) is 2.50. The highest BCUT2D eigenvalue weighted by atomic mass is 32.2. The van der Waals surface area contributed by atoms with Gasteiger partial charge in [-0.05, 0) is 0 Å². The molecular weight excluding hydrogens is 206 g/mol. The van der Waals surface area contributed by atoms with Gasteiger partial charge in [-0.15, -0.1) is 10.2 Å². The second kappa shape index (κ2) is 3.29. The van der Waals surface area contributed by atoms with Crippen molar-refractivity contribution in [1.82, 2.24) is 10.2 Å². The first kappa shape index (κ1) is 9.90. The summed E-state index contributed by atoms with van der Waals surface area (Å²) in [5.41, 5.74) is 0. The third-order valence-corrected chi connectivity index (χ3v) is 1.74. The summed E-state index contributed by atoms with van der Waals surface area (Å²) in [5, 5.41) is 10.1. The van der Waals surface area contributed by atoms with E-state index < -0.39 is 16.4 Å². The molecule has 0 unspecified atom stereocenters. The van der Waals surface area contributed by atoms with Gasteiger partial charge in [0.05, 0.1) is 0 Å². The van der Waals surface area contributed by atoms with Crippen molar-refractivity contribution in [3.05, 3.63) is 5.89 Å². The Labute approximate surface area is 75.1 Å². The molecule has 0 aliphatic carbocycles. The fraction of sp³-hybridized carbons (Fsp3) is 0.400. The summed E-state index contributed by atoms with van der Waals surface area (Å²) >= 11 is -0.298. The molecule has 1 aromatic rings. The van der Waals surface area contributed by atoms with Crippen LogP contribution in [0.15, 0.2) is 9.64 Å². The van der Waals surface area contributed by atoms with Crippen LogP contribution in [-0.4, -0.2) is 26.5 Å². The number of aryl methyl sites for hydroxylation is 1. The summed E-state index contributed by atoms with van der Waals surface area (Å²) in [5.74, 6) is -2.14. The molecule has 0 atom stereocenters. The number of carboxylic acids is 1. The molecule has 72 valence electrons. The number of aliphatic carboxylic acids is 1. The van der Waals surface area contributed by atoms with E-state index in [4.69, 9.17) is 5.11 Å². The van der Waals surface area contributed by atoms with Crippen molar-refractivity contribution in [3.63, 3.8) is 0 Å². The largest absolute Gasteiger partial charge is 0.476 e. The van der Waals surface area contributed by atoms with E-state index in [9.17, 15) is 13.6 Å². The van der Waals surface area contributed by atoms with Gasteiger partial charge in [-0.25, -0.2) is 4.79 Å². The van der Waals surface area contributed by atoms with Crippen LogP contribution in [0.5, 0.6) is 0 Å². The molecule has 0 bridgehead atoms. The van der Waals surface area contributed by atoms with Crippen molar-refractivity contribution >= 4 is 17.7 Å². The number of carboxylic acid groups (broad SMARTS) is 1. The average molecular weight is 210 g/mol. The van der Waals surface area contributed by atoms with Crippen LogP contribution in [0.1, 0.15) is 5.89 Å². The summed E-state index contributed by atoms with van der Waals surface area (Å²) in [4.78, 5) is 9.97. The molecule has 13 heavy (non-hydrogen) atoms. The maximum atomic E-state index is 12.5. The first-order valence-corrected chi connectivity index (χ1v) is 3.84. The van der Waals surface area contributed by atoms with Crippen LogP contribution in [0.4, 0.5) is 8.78 Å². The van der Waals surface area contributed by atoms with E-state index in [0.717, 1.165) is 0 Å². The van der Waals surface area contributed by atoms with Crippen LogP contribution >= 0.6 is 11.8 Å². The van der Waals surface area contributed by atoms with E-state index in [2.05, 4.69) is 14.6 Å². The lowest BCUT2D eigenvalue weighted by Gasteiger charge is -2.05. The monoisotopic (exact) mass is 210 g/mol. The Bertz CT molecular complexity index is 327. The fourth-order valence-electron chi connectivity index (χ4n) is 0.473. The number of hydrogen-bond acceptors (Lipinski definition) is 5. The quantitative estimate of drug-likeness (QED) is 0.754. The molecule has 0 aromatic carbocycles. The van der Waals surface area contributed by atoms with Crippen molar-refractivity contribution in [2.24, 2.45) is 0 Å². The van der Waals surface area contributed by atoms with E-state index in [1.165, 1.54) is 6.92 Å². The van der Waals surface area contributed by atoms with Crippen molar-refractivity contribution < 1.29 is 23.1 Å². The molecule has 0 saturated heterocycles. The van der Waals surface area contributed by atoms with Crippen molar-refractivity contribution in [2.45, 2.75) is 17.4 Å². The molecule has 0 amide bonds. The smallest absolute Gasteiger partial charge is 0.397 e.